The SMILES string of the molecule is O=C(Cc1ccccc1)NCCNC(=O)c1cc(S(=O)(=O)N2CCSCC2)c[nH]1. The Labute approximate surface area is 174 Å². The van der Waals surface area contributed by atoms with E-state index in [1.807, 2.05) is 30.3 Å². The zero-order valence-electron chi connectivity index (χ0n) is 15.9. The molecule has 0 atom stereocenters. The third-order valence-corrected chi connectivity index (χ3v) is 7.27. The summed E-state index contributed by atoms with van der Waals surface area (Å²) in [5, 5.41) is 5.41. The number of carbonyl (C=O) groups excluding carboxylic acids is 2. The van der Waals surface area contributed by atoms with Crippen LogP contribution in [0.25, 0.3) is 0 Å². The smallest absolute Gasteiger partial charge is 0.267 e. The monoisotopic (exact) mass is 436 g/mol. The van der Waals surface area contributed by atoms with E-state index in [0.29, 0.717) is 13.1 Å². The van der Waals surface area contributed by atoms with Crippen molar-refractivity contribution in [3.05, 3.63) is 53.9 Å². The molecule has 0 saturated carbocycles. The number of nitrogens with zero attached hydrogens (tertiary/aromatic N) is 1. The molecule has 0 aliphatic carbocycles. The number of H-pyrrole nitrogens is 1. The molecule has 0 unspecified atom stereocenters. The Bertz CT molecular complexity index is 938. The van der Waals surface area contributed by atoms with Crippen LogP contribution in [0.15, 0.2) is 47.5 Å². The van der Waals surface area contributed by atoms with Gasteiger partial charge in [0.1, 0.15) is 10.6 Å². The molecule has 29 heavy (non-hydrogen) atoms. The lowest BCUT2D eigenvalue weighted by atomic mass is 10.1. The first-order chi connectivity index (χ1) is 14.0. The number of thioether (sulfide) groups is 1. The molecule has 1 aliphatic rings. The summed E-state index contributed by atoms with van der Waals surface area (Å²) in [5.41, 5.74) is 1.09. The Morgan fingerprint density at radius 3 is 2.48 bits per heavy atom. The number of rotatable bonds is 8. The van der Waals surface area contributed by atoms with E-state index in [1.165, 1.54) is 16.6 Å². The fourth-order valence-corrected chi connectivity index (χ4v) is 5.48. The van der Waals surface area contributed by atoms with Gasteiger partial charge in [-0.1, -0.05) is 30.3 Å². The van der Waals surface area contributed by atoms with Gasteiger partial charge in [-0.2, -0.15) is 16.1 Å². The van der Waals surface area contributed by atoms with Crippen molar-refractivity contribution >= 4 is 33.6 Å². The minimum Gasteiger partial charge on any atom is -0.356 e. The second kappa shape index (κ2) is 9.95. The van der Waals surface area contributed by atoms with Gasteiger partial charge in [0.2, 0.25) is 15.9 Å². The van der Waals surface area contributed by atoms with Crippen LogP contribution in [-0.2, 0) is 21.2 Å². The standard InChI is InChI=1S/C19H24N4O4S2/c24-18(12-15-4-2-1-3-5-15)20-6-7-21-19(25)17-13-16(14-22-17)29(26,27)23-8-10-28-11-9-23/h1-5,13-14,22H,6-12H2,(H,20,24)(H,21,25). The highest BCUT2D eigenvalue weighted by Gasteiger charge is 2.27. The summed E-state index contributed by atoms with van der Waals surface area (Å²) in [6, 6.07) is 10.7. The third kappa shape index (κ3) is 5.84. The molecule has 1 saturated heterocycles. The summed E-state index contributed by atoms with van der Waals surface area (Å²) in [5.74, 6) is 0.997. The number of carbonyl (C=O) groups is 2. The fraction of sp³-hybridized carbons (Fsp3) is 0.368. The van der Waals surface area contributed by atoms with Crippen molar-refractivity contribution in [3.8, 4) is 0 Å². The van der Waals surface area contributed by atoms with E-state index in [1.54, 1.807) is 11.8 Å². The van der Waals surface area contributed by atoms with Gasteiger partial charge in [0, 0.05) is 43.9 Å². The third-order valence-electron chi connectivity index (χ3n) is 4.45. The number of hydrogen-bond acceptors (Lipinski definition) is 5. The summed E-state index contributed by atoms with van der Waals surface area (Å²) < 4.78 is 26.7. The molecular weight excluding hydrogens is 412 g/mol. The maximum atomic E-state index is 12.6. The Balaban J connectivity index is 1.45. The van der Waals surface area contributed by atoms with Crippen LogP contribution in [0.4, 0.5) is 0 Å². The predicted octanol–water partition coefficient (Wildman–Crippen LogP) is 0.841. The van der Waals surface area contributed by atoms with Crippen molar-refractivity contribution in [2.45, 2.75) is 11.3 Å². The molecule has 0 radical (unpaired) electrons. The molecule has 8 nitrogen and oxygen atoms in total. The number of sulfonamides is 1. The minimum absolute atomic E-state index is 0.0886. The van der Waals surface area contributed by atoms with Crippen molar-refractivity contribution in [2.75, 3.05) is 37.7 Å². The predicted molar refractivity (Wildman–Crippen MR) is 112 cm³/mol. The highest BCUT2D eigenvalue weighted by Crippen LogP contribution is 2.20. The second-order valence-electron chi connectivity index (χ2n) is 6.53. The normalized spacial score (nSPS) is 15.0. The minimum atomic E-state index is -3.59. The second-order valence-corrected chi connectivity index (χ2v) is 9.70. The van der Waals surface area contributed by atoms with Gasteiger partial charge in [0.25, 0.3) is 5.91 Å². The van der Waals surface area contributed by atoms with E-state index < -0.39 is 15.9 Å². The van der Waals surface area contributed by atoms with Gasteiger partial charge in [-0.05, 0) is 11.6 Å². The van der Waals surface area contributed by atoms with Crippen LogP contribution in [-0.4, -0.2) is 67.2 Å². The summed E-state index contributed by atoms with van der Waals surface area (Å²) in [4.78, 5) is 26.9. The number of aromatic nitrogens is 1. The highest BCUT2D eigenvalue weighted by atomic mass is 32.2. The molecular formula is C19H24N4O4S2. The Kier molecular flexibility index (Phi) is 7.34. The van der Waals surface area contributed by atoms with Crippen molar-refractivity contribution in [3.63, 3.8) is 0 Å². The zero-order chi connectivity index (χ0) is 20.7. The first-order valence-electron chi connectivity index (χ1n) is 9.32. The quantitative estimate of drug-likeness (QED) is 0.531. The summed E-state index contributed by atoms with van der Waals surface area (Å²) in [6.07, 6.45) is 1.62. The topological polar surface area (TPSA) is 111 Å². The van der Waals surface area contributed by atoms with Crippen molar-refractivity contribution in [1.29, 1.82) is 0 Å². The molecule has 1 aliphatic heterocycles. The largest absolute Gasteiger partial charge is 0.356 e. The number of hydrogen-bond donors (Lipinski definition) is 3. The van der Waals surface area contributed by atoms with Gasteiger partial charge in [-0.15, -0.1) is 0 Å². The summed E-state index contributed by atoms with van der Waals surface area (Å²) in [6.45, 7) is 1.48. The van der Waals surface area contributed by atoms with Gasteiger partial charge in [-0.3, -0.25) is 9.59 Å². The molecule has 3 rings (SSSR count). The molecule has 2 aromatic rings. The Hall–Kier alpha value is -2.30. The molecule has 3 N–H and O–H groups in total. The number of aromatic amines is 1. The van der Waals surface area contributed by atoms with Crippen LogP contribution in [0.1, 0.15) is 16.1 Å². The molecule has 156 valence electrons. The Morgan fingerprint density at radius 2 is 1.76 bits per heavy atom. The Morgan fingerprint density at radius 1 is 1.07 bits per heavy atom. The lowest BCUT2D eigenvalue weighted by molar-refractivity contribution is -0.120. The van der Waals surface area contributed by atoms with Crippen LogP contribution < -0.4 is 10.6 Å². The van der Waals surface area contributed by atoms with Gasteiger partial charge >= 0.3 is 0 Å². The van der Waals surface area contributed by atoms with Crippen LogP contribution in [0.3, 0.4) is 0 Å². The molecule has 1 aromatic heterocycles. The van der Waals surface area contributed by atoms with Crippen LogP contribution in [0.2, 0.25) is 0 Å². The molecule has 10 heteroatoms. The van der Waals surface area contributed by atoms with Crippen molar-refractivity contribution in [2.24, 2.45) is 0 Å². The molecule has 2 amide bonds. The first-order valence-corrected chi connectivity index (χ1v) is 11.9. The average molecular weight is 437 g/mol. The van der Waals surface area contributed by atoms with E-state index >= 15 is 0 Å². The van der Waals surface area contributed by atoms with Crippen molar-refractivity contribution < 1.29 is 18.0 Å². The zero-order valence-corrected chi connectivity index (χ0v) is 17.5. The van der Waals surface area contributed by atoms with Crippen LogP contribution >= 0.6 is 11.8 Å². The van der Waals surface area contributed by atoms with Crippen molar-refractivity contribution in [1.82, 2.24) is 19.9 Å². The lowest BCUT2D eigenvalue weighted by Crippen LogP contribution is -2.37. The number of benzene rings is 1. The number of nitrogens with one attached hydrogen (secondary N) is 3. The lowest BCUT2D eigenvalue weighted by Gasteiger charge is -2.24. The van der Waals surface area contributed by atoms with Crippen LogP contribution in [0.5, 0.6) is 0 Å². The van der Waals surface area contributed by atoms with E-state index in [0.717, 1.165) is 17.1 Å². The fourth-order valence-electron chi connectivity index (χ4n) is 2.91. The maximum absolute atomic E-state index is 12.6. The summed E-state index contributed by atoms with van der Waals surface area (Å²) >= 11 is 1.73. The van der Waals surface area contributed by atoms with Crippen LogP contribution in [0, 0.1) is 0 Å². The highest BCUT2D eigenvalue weighted by molar-refractivity contribution is 7.99. The van der Waals surface area contributed by atoms with Gasteiger partial charge in [0.15, 0.2) is 0 Å². The van der Waals surface area contributed by atoms with E-state index in [-0.39, 0.29) is 36.0 Å². The first kappa shape index (κ1) is 21.4. The molecule has 0 bridgehead atoms. The van der Waals surface area contributed by atoms with Gasteiger partial charge in [-0.25, -0.2) is 8.42 Å². The van der Waals surface area contributed by atoms with E-state index in [9.17, 15) is 18.0 Å². The molecule has 2 heterocycles. The van der Waals surface area contributed by atoms with E-state index in [2.05, 4.69) is 15.6 Å². The molecule has 1 fully saturated rings. The average Bonchev–Trinajstić information content (AvgIpc) is 3.24. The summed E-state index contributed by atoms with van der Waals surface area (Å²) in [7, 11) is -3.59. The van der Waals surface area contributed by atoms with Gasteiger partial charge < -0.3 is 15.6 Å². The maximum Gasteiger partial charge on any atom is 0.267 e. The van der Waals surface area contributed by atoms with Gasteiger partial charge in [0.05, 0.1) is 6.42 Å². The molecule has 0 spiro atoms. The molecule has 1 aromatic carbocycles. The van der Waals surface area contributed by atoms with E-state index in [4.69, 9.17) is 0 Å². The number of amides is 2.